The number of hydrogen-bond donors (Lipinski definition) is 2. The Morgan fingerprint density at radius 1 is 1.50 bits per heavy atom. The summed E-state index contributed by atoms with van der Waals surface area (Å²) in [6.45, 7) is 3.69. The molecule has 2 N–H and O–H groups in total. The highest BCUT2D eigenvalue weighted by Gasteiger charge is 2.15. The zero-order valence-corrected chi connectivity index (χ0v) is 9.38. The maximum atomic E-state index is 11.5. The van der Waals surface area contributed by atoms with E-state index in [-0.39, 0.29) is 11.9 Å². The molecule has 4 nitrogen and oxygen atoms in total. The fraction of sp³-hybridized carbons (Fsp3) is 0.364. The second-order valence-electron chi connectivity index (χ2n) is 3.68. The van der Waals surface area contributed by atoms with Crippen molar-refractivity contribution >= 4 is 18.6 Å². The molecule has 0 radical (unpaired) electrons. The van der Waals surface area contributed by atoms with Crippen LogP contribution < -0.4 is 10.2 Å². The van der Waals surface area contributed by atoms with Crippen LogP contribution in [0.25, 0.3) is 0 Å². The topological polar surface area (TPSA) is 66.8 Å². The van der Waals surface area contributed by atoms with Crippen LogP contribution in [-0.4, -0.2) is 23.1 Å². The normalized spacial score (nSPS) is 12.0. The average molecular weight is 222 g/mol. The lowest BCUT2D eigenvalue weighted by atomic mass is 9.80. The van der Waals surface area contributed by atoms with E-state index in [1.54, 1.807) is 25.1 Å². The molecule has 0 aliphatic rings. The van der Waals surface area contributed by atoms with Crippen molar-refractivity contribution in [3.63, 3.8) is 0 Å². The van der Waals surface area contributed by atoms with Gasteiger partial charge in [-0.1, -0.05) is 26.0 Å². The lowest BCUT2D eigenvalue weighted by Gasteiger charge is -2.09. The van der Waals surface area contributed by atoms with Gasteiger partial charge in [-0.15, -0.1) is 0 Å². The van der Waals surface area contributed by atoms with E-state index in [2.05, 4.69) is 0 Å². The summed E-state index contributed by atoms with van der Waals surface area (Å²) >= 11 is 0. The van der Waals surface area contributed by atoms with Gasteiger partial charge in [-0.25, -0.2) is 0 Å². The second kappa shape index (κ2) is 5.68. The molecule has 0 aliphatic heterocycles. The quantitative estimate of drug-likeness (QED) is 0.437. The maximum absolute atomic E-state index is 11.5. The lowest BCUT2D eigenvalue weighted by molar-refractivity contribution is -0.138. The summed E-state index contributed by atoms with van der Waals surface area (Å²) < 4.78 is 5.10. The van der Waals surface area contributed by atoms with Crippen LogP contribution in [0.4, 0.5) is 0 Å². The summed E-state index contributed by atoms with van der Waals surface area (Å²) in [6.07, 6.45) is 0.709. The third kappa shape index (κ3) is 3.36. The maximum Gasteiger partial charge on any atom is 0.488 e. The van der Waals surface area contributed by atoms with Gasteiger partial charge in [0.25, 0.3) is 0 Å². The molecular formula is C11H15BO4. The van der Waals surface area contributed by atoms with Crippen LogP contribution in [0.2, 0.25) is 0 Å². The number of esters is 1. The van der Waals surface area contributed by atoms with E-state index >= 15 is 0 Å². The molecule has 0 amide bonds. The third-order valence-electron chi connectivity index (χ3n) is 2.39. The first-order chi connectivity index (χ1) is 7.54. The minimum Gasteiger partial charge on any atom is -0.426 e. The molecule has 1 aromatic rings. The van der Waals surface area contributed by atoms with Crippen molar-refractivity contribution in [1.82, 2.24) is 0 Å². The molecule has 0 fully saturated rings. The number of carbonyl (C=O) groups is 1. The van der Waals surface area contributed by atoms with Gasteiger partial charge in [0.1, 0.15) is 5.75 Å². The molecule has 0 bridgehead atoms. The van der Waals surface area contributed by atoms with E-state index in [1.165, 1.54) is 6.07 Å². The SMILES string of the molecule is CCC(C)C(=O)Oc1cccc(B(O)O)c1. The molecule has 0 aromatic heterocycles. The van der Waals surface area contributed by atoms with Crippen LogP contribution in [0.5, 0.6) is 5.75 Å². The molecule has 5 heteroatoms. The van der Waals surface area contributed by atoms with E-state index in [1.807, 2.05) is 6.92 Å². The van der Waals surface area contributed by atoms with Crippen molar-refractivity contribution < 1.29 is 19.6 Å². The van der Waals surface area contributed by atoms with Crippen LogP contribution in [0.3, 0.4) is 0 Å². The lowest BCUT2D eigenvalue weighted by Crippen LogP contribution is -2.29. The first-order valence-corrected chi connectivity index (χ1v) is 5.22. The van der Waals surface area contributed by atoms with Gasteiger partial charge in [0.05, 0.1) is 5.92 Å². The molecule has 16 heavy (non-hydrogen) atoms. The summed E-state index contributed by atoms with van der Waals surface area (Å²) in [4.78, 5) is 11.5. The van der Waals surface area contributed by atoms with Crippen LogP contribution in [-0.2, 0) is 4.79 Å². The number of ether oxygens (including phenoxy) is 1. The number of rotatable bonds is 4. The number of carbonyl (C=O) groups excluding carboxylic acids is 1. The summed E-state index contributed by atoms with van der Waals surface area (Å²) in [5.41, 5.74) is 0.300. The van der Waals surface area contributed by atoms with Gasteiger partial charge >= 0.3 is 13.1 Å². The van der Waals surface area contributed by atoms with E-state index in [9.17, 15) is 4.79 Å². The summed E-state index contributed by atoms with van der Waals surface area (Å²) in [5.74, 6) is -0.148. The highest BCUT2D eigenvalue weighted by Crippen LogP contribution is 2.11. The number of benzene rings is 1. The van der Waals surface area contributed by atoms with Gasteiger partial charge in [0, 0.05) is 0 Å². The Hall–Kier alpha value is -1.33. The molecule has 1 rings (SSSR count). The molecule has 1 unspecified atom stereocenters. The van der Waals surface area contributed by atoms with Gasteiger partial charge in [0.2, 0.25) is 0 Å². The largest absolute Gasteiger partial charge is 0.488 e. The van der Waals surface area contributed by atoms with Crippen molar-refractivity contribution in [2.45, 2.75) is 20.3 Å². The Kier molecular flexibility index (Phi) is 4.52. The molecular weight excluding hydrogens is 207 g/mol. The Labute approximate surface area is 95.0 Å². The molecule has 1 atom stereocenters. The highest BCUT2D eigenvalue weighted by molar-refractivity contribution is 6.58. The standard InChI is InChI=1S/C11H15BO4/c1-3-8(2)11(13)16-10-6-4-5-9(7-10)12(14)15/h4-8,14-15H,3H2,1-2H3. The summed E-state index contributed by atoms with van der Waals surface area (Å²) in [7, 11) is -1.55. The van der Waals surface area contributed by atoms with Crippen LogP contribution in [0, 0.1) is 5.92 Å². The van der Waals surface area contributed by atoms with Crippen LogP contribution in [0.1, 0.15) is 20.3 Å². The van der Waals surface area contributed by atoms with Gasteiger partial charge in [-0.2, -0.15) is 0 Å². The van der Waals surface area contributed by atoms with Gasteiger partial charge in [-0.05, 0) is 24.0 Å². The molecule has 0 spiro atoms. The van der Waals surface area contributed by atoms with Gasteiger partial charge < -0.3 is 14.8 Å². The third-order valence-corrected chi connectivity index (χ3v) is 2.39. The van der Waals surface area contributed by atoms with Gasteiger partial charge in [-0.3, -0.25) is 4.79 Å². The Morgan fingerprint density at radius 3 is 2.75 bits per heavy atom. The van der Waals surface area contributed by atoms with E-state index < -0.39 is 7.12 Å². The zero-order valence-electron chi connectivity index (χ0n) is 9.38. The average Bonchev–Trinajstić information content (AvgIpc) is 2.28. The fourth-order valence-electron chi connectivity index (χ4n) is 1.12. The molecule has 0 heterocycles. The molecule has 0 aliphatic carbocycles. The number of hydrogen-bond acceptors (Lipinski definition) is 4. The minimum atomic E-state index is -1.55. The van der Waals surface area contributed by atoms with Crippen molar-refractivity contribution in [3.05, 3.63) is 24.3 Å². The first kappa shape index (κ1) is 12.7. The molecule has 0 saturated heterocycles. The predicted molar refractivity (Wildman–Crippen MR) is 61.4 cm³/mol. The van der Waals surface area contributed by atoms with Crippen molar-refractivity contribution in [1.29, 1.82) is 0 Å². The Morgan fingerprint density at radius 2 is 2.19 bits per heavy atom. The molecule has 1 aromatic carbocycles. The van der Waals surface area contributed by atoms with E-state index in [0.29, 0.717) is 17.6 Å². The van der Waals surface area contributed by atoms with Crippen molar-refractivity contribution in [2.24, 2.45) is 5.92 Å². The summed E-state index contributed by atoms with van der Waals surface area (Å²) in [5, 5.41) is 17.9. The molecule has 86 valence electrons. The van der Waals surface area contributed by atoms with E-state index in [0.717, 1.165) is 0 Å². The van der Waals surface area contributed by atoms with Crippen molar-refractivity contribution in [2.75, 3.05) is 0 Å². The highest BCUT2D eigenvalue weighted by atomic mass is 16.5. The predicted octanol–water partition coefficient (Wildman–Crippen LogP) is 0.318. The van der Waals surface area contributed by atoms with Crippen molar-refractivity contribution in [3.8, 4) is 5.75 Å². The molecule has 0 saturated carbocycles. The summed E-state index contributed by atoms with van der Waals surface area (Å²) in [6, 6.07) is 6.19. The first-order valence-electron chi connectivity index (χ1n) is 5.22. The van der Waals surface area contributed by atoms with Gasteiger partial charge in [0.15, 0.2) is 0 Å². The fourth-order valence-corrected chi connectivity index (χ4v) is 1.12. The smallest absolute Gasteiger partial charge is 0.426 e. The minimum absolute atomic E-state index is 0.164. The monoisotopic (exact) mass is 222 g/mol. The Bertz CT molecular complexity index is 365. The van der Waals surface area contributed by atoms with E-state index in [4.69, 9.17) is 14.8 Å². The van der Waals surface area contributed by atoms with Crippen LogP contribution in [0.15, 0.2) is 24.3 Å². The van der Waals surface area contributed by atoms with Crippen LogP contribution >= 0.6 is 0 Å². The Balaban J connectivity index is 2.74. The zero-order chi connectivity index (χ0) is 12.1. The second-order valence-corrected chi connectivity index (χ2v) is 3.68.